The van der Waals surface area contributed by atoms with Gasteiger partial charge in [-0.1, -0.05) is 43.3 Å². The van der Waals surface area contributed by atoms with Crippen LogP contribution in [-0.4, -0.2) is 202 Å². The van der Waals surface area contributed by atoms with Crippen molar-refractivity contribution < 1.29 is 63.5 Å². The van der Waals surface area contributed by atoms with E-state index in [4.69, 9.17) is 34.2 Å². The maximum atomic E-state index is 14.5. The summed E-state index contributed by atoms with van der Waals surface area (Å²) in [5, 5.41) is 76.4. The molecule has 6 rings (SSSR count). The number of aromatic nitrogens is 6. The molecule has 0 saturated carbocycles. The van der Waals surface area contributed by atoms with Crippen molar-refractivity contribution in [3.63, 3.8) is 0 Å². The number of nitrogens with two attached hydrogens (primary N) is 1. The molecule has 22 heteroatoms. The minimum Gasteiger partial charge on any atom is -0.459 e. The summed E-state index contributed by atoms with van der Waals surface area (Å²) in [7, 11) is 5.28. The van der Waals surface area contributed by atoms with E-state index >= 15 is 0 Å². The van der Waals surface area contributed by atoms with Crippen molar-refractivity contribution in [2.24, 2.45) is 23.5 Å². The second-order valence-corrected chi connectivity index (χ2v) is 22.9. The molecular weight excluding hydrogens is 983 g/mol. The van der Waals surface area contributed by atoms with Gasteiger partial charge >= 0.3 is 5.97 Å². The van der Waals surface area contributed by atoms with E-state index in [9.17, 15) is 35.1 Å². The molecule has 5 heterocycles. The average Bonchev–Trinajstić information content (AvgIpc) is 4.06. The fraction of sp³-hybridized carbons (Fsp3) is 0.778. The number of carbonyl (C=O) groups excluding carboxylic acids is 2. The molecule has 3 fully saturated rings. The minimum absolute atomic E-state index is 0.0986. The van der Waals surface area contributed by atoms with Gasteiger partial charge in [0.25, 0.3) is 5.91 Å². The first-order chi connectivity index (χ1) is 35.7. The average molecular weight is 1070 g/mol. The Morgan fingerprint density at radius 2 is 1.62 bits per heavy atom. The van der Waals surface area contributed by atoms with E-state index in [1.807, 2.05) is 74.9 Å². The molecule has 0 unspecified atom stereocenters. The molecule has 1 aromatic carbocycles. The highest BCUT2D eigenvalue weighted by Gasteiger charge is 2.53. The van der Waals surface area contributed by atoms with Gasteiger partial charge in [-0.15, -0.1) is 10.2 Å². The van der Waals surface area contributed by atoms with Gasteiger partial charge in [-0.05, 0) is 125 Å². The van der Waals surface area contributed by atoms with Gasteiger partial charge < -0.3 is 69.5 Å². The van der Waals surface area contributed by atoms with E-state index in [-0.39, 0.29) is 37.0 Å². The third kappa shape index (κ3) is 14.6. The van der Waals surface area contributed by atoms with E-state index in [2.05, 4.69) is 25.5 Å². The third-order valence-corrected chi connectivity index (χ3v) is 16.5. The normalized spacial score (nSPS) is 37.6. The summed E-state index contributed by atoms with van der Waals surface area (Å²) in [4.78, 5) is 29.9. The fourth-order valence-electron chi connectivity index (χ4n) is 11.6. The zero-order valence-electron chi connectivity index (χ0n) is 47.1. The number of unbranched alkanes of at least 4 members (excludes halogenated alkanes) is 1. The number of rotatable bonds is 17. The Morgan fingerprint density at radius 3 is 2.26 bits per heavy atom. The largest absolute Gasteiger partial charge is 0.459 e. The first-order valence-electron chi connectivity index (χ1n) is 27.2. The van der Waals surface area contributed by atoms with Gasteiger partial charge in [0.15, 0.2) is 18.3 Å². The monoisotopic (exact) mass is 1070 g/mol. The van der Waals surface area contributed by atoms with Crippen molar-refractivity contribution >= 4 is 11.9 Å². The Morgan fingerprint density at radius 1 is 0.921 bits per heavy atom. The molecular formula is C54H89N9O13. The number of cyclic esters (lactones) is 1. The predicted molar refractivity (Wildman–Crippen MR) is 280 cm³/mol. The van der Waals surface area contributed by atoms with E-state index in [0.29, 0.717) is 32.5 Å². The highest BCUT2D eigenvalue weighted by molar-refractivity contribution is 5.90. The van der Waals surface area contributed by atoms with Gasteiger partial charge in [-0.25, -0.2) is 4.68 Å². The highest BCUT2D eigenvalue weighted by Crippen LogP contribution is 2.40. The summed E-state index contributed by atoms with van der Waals surface area (Å²) in [6.45, 7) is 19.2. The molecule has 0 spiro atoms. The van der Waals surface area contributed by atoms with Crippen LogP contribution in [0.15, 0.2) is 36.7 Å². The summed E-state index contributed by atoms with van der Waals surface area (Å²) in [5.74, 6) is -3.42. The number of amides is 1. The Kier molecular flexibility index (Phi) is 20.8. The number of aryl methyl sites for hydroxylation is 2. The number of primary amides is 1. The molecule has 3 saturated heterocycles. The molecule has 22 nitrogen and oxygen atoms in total. The van der Waals surface area contributed by atoms with Crippen molar-refractivity contribution in [2.45, 2.75) is 217 Å². The lowest BCUT2D eigenvalue weighted by Crippen LogP contribution is -2.61. The summed E-state index contributed by atoms with van der Waals surface area (Å²) >= 11 is 0. The summed E-state index contributed by atoms with van der Waals surface area (Å²) in [5.41, 5.74) is 3.63. The molecule has 428 valence electrons. The first-order valence-corrected chi connectivity index (χ1v) is 27.2. The number of methoxy groups -OCH3 is 1. The van der Waals surface area contributed by atoms with Crippen LogP contribution in [-0.2, 0) is 52.6 Å². The highest BCUT2D eigenvalue weighted by atomic mass is 16.7. The van der Waals surface area contributed by atoms with Crippen molar-refractivity contribution in [1.29, 1.82) is 0 Å². The van der Waals surface area contributed by atoms with Crippen molar-refractivity contribution in [2.75, 3.05) is 34.3 Å². The zero-order valence-corrected chi connectivity index (χ0v) is 47.1. The van der Waals surface area contributed by atoms with Gasteiger partial charge in [0.2, 0.25) is 0 Å². The first kappa shape index (κ1) is 61.2. The topological polar surface area (TPSA) is 285 Å². The lowest BCUT2D eigenvalue weighted by Gasteiger charge is -2.49. The van der Waals surface area contributed by atoms with Crippen LogP contribution in [0, 0.1) is 17.8 Å². The van der Waals surface area contributed by atoms with Crippen LogP contribution in [0.4, 0.5) is 0 Å². The minimum atomic E-state index is -1.84. The lowest BCUT2D eigenvalue weighted by molar-refractivity contribution is -0.318. The third-order valence-electron chi connectivity index (χ3n) is 16.5. The number of esters is 1. The molecule has 3 aliphatic rings. The maximum absolute atomic E-state index is 14.5. The van der Waals surface area contributed by atoms with E-state index in [1.165, 1.54) is 30.5 Å². The number of likely N-dealkylation sites (N-methyl/N-ethyl adjacent to an activating group) is 2. The molecule has 76 heavy (non-hydrogen) atoms. The maximum Gasteiger partial charge on any atom is 0.311 e. The molecule has 1 amide bonds. The van der Waals surface area contributed by atoms with Crippen LogP contribution < -0.4 is 5.73 Å². The molecule has 2 aromatic heterocycles. The van der Waals surface area contributed by atoms with Crippen LogP contribution in [0.5, 0.6) is 0 Å². The SMILES string of the molecule is CC[C@H]1OC(=O)[C@H](C)[C@@H](O[C@H]2C[C@@](C)(OC)[C@@H](O)[C@H](C)O2)[C@H](C)[C@@H](O[C@@H]2O[C@H](C)C[C@H](N(C)CCc3cn(CCCCc4ccc(-n5cc(C(N)=O)nn5)cc4)nn3)[C@H]2O)[C@](C)(O)C[C@@H](C)CN(C)[C@H](C)[C@@H](O)[C@]1(C)O. The molecule has 3 aromatic rings. The lowest BCUT2D eigenvalue weighted by atomic mass is 9.77. The Hall–Kier alpha value is -4.04. The van der Waals surface area contributed by atoms with Crippen LogP contribution in [0.3, 0.4) is 0 Å². The summed E-state index contributed by atoms with van der Waals surface area (Å²) < 4.78 is 41.7. The van der Waals surface area contributed by atoms with E-state index in [0.717, 1.165) is 30.6 Å². The number of aliphatic hydroxyl groups is 5. The number of aliphatic hydroxyl groups excluding tert-OH is 3. The molecule has 0 radical (unpaired) electrons. The smallest absolute Gasteiger partial charge is 0.311 e. The van der Waals surface area contributed by atoms with E-state index in [1.54, 1.807) is 41.5 Å². The van der Waals surface area contributed by atoms with Gasteiger partial charge in [-0.3, -0.25) is 14.3 Å². The molecule has 7 N–H and O–H groups in total. The Bertz CT molecular complexity index is 2320. The van der Waals surface area contributed by atoms with Gasteiger partial charge in [0.1, 0.15) is 30.0 Å². The number of ether oxygens (including phenoxy) is 6. The molecule has 18 atom stereocenters. The van der Waals surface area contributed by atoms with Crippen molar-refractivity contribution in [3.8, 4) is 5.69 Å². The van der Waals surface area contributed by atoms with Gasteiger partial charge in [0, 0.05) is 63.8 Å². The molecule has 0 aliphatic carbocycles. The van der Waals surface area contributed by atoms with Crippen LogP contribution in [0.2, 0.25) is 0 Å². The summed E-state index contributed by atoms with van der Waals surface area (Å²) in [6, 6.07) is 6.91. The molecule has 3 aliphatic heterocycles. The van der Waals surface area contributed by atoms with Crippen LogP contribution >= 0.6 is 0 Å². The second-order valence-electron chi connectivity index (χ2n) is 22.9. The Labute approximate surface area is 448 Å². The standard InChI is InChI=1S/C54H89N9O13/c1-14-42-54(10,70)46(65)35(6)61(12)28-31(2)26-52(8,69)48(33(4)45(34(5)50(68)74-42)75-43-27-53(9,71-13)47(66)36(7)73-43)76-51-44(64)41(25-32(3)72-51)60(11)24-22-38-29-62(58-56-38)23-16-15-17-37-18-20-39(21-19-37)63-30-40(49(55)67)57-59-63/h18-21,29-36,41-48,51,64-66,69-70H,14-17,22-28H2,1-13H3,(H2,55,67)/t31-,32-,33+,34-,35-,36+,41+,42-,43+,44-,45+,46-,47+,48-,51+,52-,53-,54-/m1/s1. The number of nitrogens with zero attached hydrogens (tertiary/aromatic N) is 8. The van der Waals surface area contributed by atoms with Gasteiger partial charge in [0.05, 0.1) is 59.1 Å². The second kappa shape index (κ2) is 25.8. The zero-order chi connectivity index (χ0) is 56.0. The fourth-order valence-corrected chi connectivity index (χ4v) is 11.6. The Balaban J connectivity index is 1.17. The quantitative estimate of drug-likeness (QED) is 0.0837. The van der Waals surface area contributed by atoms with Crippen molar-refractivity contribution in [3.05, 3.63) is 53.6 Å². The van der Waals surface area contributed by atoms with E-state index < -0.39 is 108 Å². The summed E-state index contributed by atoms with van der Waals surface area (Å²) in [6.07, 6.45) is -2.37. The predicted octanol–water partition coefficient (Wildman–Crippen LogP) is 2.81. The number of carbonyl (C=O) groups is 2. The number of hydrogen-bond donors (Lipinski definition) is 6. The number of hydrogen-bond acceptors (Lipinski definition) is 19. The van der Waals surface area contributed by atoms with Crippen LogP contribution in [0.1, 0.15) is 130 Å². The molecule has 0 bridgehead atoms. The number of benzene rings is 1. The van der Waals surface area contributed by atoms with Gasteiger partial charge in [-0.2, -0.15) is 0 Å². The van der Waals surface area contributed by atoms with Crippen molar-refractivity contribution in [1.82, 2.24) is 39.8 Å². The van der Waals surface area contributed by atoms with Crippen LogP contribution in [0.25, 0.3) is 5.69 Å².